The molecule has 4 heteroatoms. The summed E-state index contributed by atoms with van der Waals surface area (Å²) in [4.78, 5) is 19.0. The summed E-state index contributed by atoms with van der Waals surface area (Å²) in [5, 5.41) is 0. The minimum absolute atomic E-state index is 0.0347. The van der Waals surface area contributed by atoms with Gasteiger partial charge in [-0.3, -0.25) is 9.78 Å². The van der Waals surface area contributed by atoms with Crippen molar-refractivity contribution in [1.29, 1.82) is 0 Å². The molecule has 2 rings (SSSR count). The number of hydrogen-bond donors (Lipinski definition) is 1. The predicted octanol–water partition coefficient (Wildman–Crippen LogP) is 2.99. The molecule has 0 N–H and O–H groups in total. The third-order valence-corrected chi connectivity index (χ3v) is 3.56. The molecule has 0 aliphatic rings. The maximum Gasteiger partial charge on any atom is 0.253 e. The zero-order valence-electron chi connectivity index (χ0n) is 11.7. The van der Waals surface area contributed by atoms with E-state index in [4.69, 9.17) is 0 Å². The van der Waals surface area contributed by atoms with E-state index in [1.807, 2.05) is 44.3 Å². The van der Waals surface area contributed by atoms with Gasteiger partial charge < -0.3 is 4.90 Å². The molecule has 1 aromatic carbocycles. The van der Waals surface area contributed by atoms with Gasteiger partial charge in [-0.2, -0.15) is 0 Å². The number of amides is 1. The molecule has 0 fully saturated rings. The smallest absolute Gasteiger partial charge is 0.253 e. The van der Waals surface area contributed by atoms with Gasteiger partial charge >= 0.3 is 0 Å². The van der Waals surface area contributed by atoms with Crippen LogP contribution in [-0.4, -0.2) is 29.4 Å². The van der Waals surface area contributed by atoms with Gasteiger partial charge in [-0.1, -0.05) is 6.07 Å². The number of aromatic nitrogens is 1. The van der Waals surface area contributed by atoms with Crippen LogP contribution >= 0.6 is 12.6 Å². The topological polar surface area (TPSA) is 33.2 Å². The molecule has 0 aliphatic heterocycles. The van der Waals surface area contributed by atoms with Gasteiger partial charge in [0.15, 0.2) is 0 Å². The summed E-state index contributed by atoms with van der Waals surface area (Å²) in [5.74, 6) is 0.0347. The zero-order chi connectivity index (χ0) is 14.5. The largest absolute Gasteiger partial charge is 0.341 e. The van der Waals surface area contributed by atoms with Gasteiger partial charge in [-0.05, 0) is 48.7 Å². The minimum atomic E-state index is 0.0347. The quantitative estimate of drug-likeness (QED) is 0.877. The Kier molecular flexibility index (Phi) is 4.79. The first kappa shape index (κ1) is 14.6. The first-order valence-electron chi connectivity index (χ1n) is 6.52. The van der Waals surface area contributed by atoms with E-state index in [2.05, 4.69) is 17.6 Å². The Morgan fingerprint density at radius 3 is 2.65 bits per heavy atom. The molecule has 0 saturated heterocycles. The van der Waals surface area contributed by atoms with Gasteiger partial charge in [0, 0.05) is 36.4 Å². The molecule has 0 spiro atoms. The predicted molar refractivity (Wildman–Crippen MR) is 83.3 cm³/mol. The number of pyridine rings is 1. The molecule has 0 bridgehead atoms. The van der Waals surface area contributed by atoms with Crippen LogP contribution in [0.1, 0.15) is 21.5 Å². The van der Waals surface area contributed by atoms with Crippen LogP contribution in [0.15, 0.2) is 47.6 Å². The normalized spacial score (nSPS) is 10.3. The van der Waals surface area contributed by atoms with Gasteiger partial charge in [0.2, 0.25) is 0 Å². The number of hydrogen-bond acceptors (Lipinski definition) is 3. The third kappa shape index (κ3) is 3.61. The van der Waals surface area contributed by atoms with Gasteiger partial charge in [0.25, 0.3) is 5.91 Å². The molecular weight excluding hydrogens is 268 g/mol. The van der Waals surface area contributed by atoms with Crippen LogP contribution in [-0.2, 0) is 6.42 Å². The summed E-state index contributed by atoms with van der Waals surface area (Å²) in [6, 6.07) is 9.58. The molecule has 1 amide bonds. The minimum Gasteiger partial charge on any atom is -0.341 e. The van der Waals surface area contributed by atoms with Crippen molar-refractivity contribution >= 4 is 18.5 Å². The van der Waals surface area contributed by atoms with Crippen LogP contribution < -0.4 is 0 Å². The fraction of sp³-hybridized carbons (Fsp3) is 0.250. The summed E-state index contributed by atoms with van der Waals surface area (Å²) in [7, 11) is 1.83. The molecule has 0 saturated carbocycles. The fourth-order valence-corrected chi connectivity index (χ4v) is 2.20. The molecule has 104 valence electrons. The Labute approximate surface area is 125 Å². The molecule has 0 aliphatic carbocycles. The van der Waals surface area contributed by atoms with Crippen molar-refractivity contribution in [2.75, 3.05) is 13.6 Å². The molecule has 0 radical (unpaired) electrons. The monoisotopic (exact) mass is 286 g/mol. The Hall–Kier alpha value is -1.81. The van der Waals surface area contributed by atoms with Gasteiger partial charge in [0.05, 0.1) is 0 Å². The van der Waals surface area contributed by atoms with Crippen molar-refractivity contribution in [2.24, 2.45) is 0 Å². The van der Waals surface area contributed by atoms with Crippen molar-refractivity contribution < 1.29 is 4.79 Å². The lowest BCUT2D eigenvalue weighted by Gasteiger charge is -2.18. The number of thiol groups is 1. The van der Waals surface area contributed by atoms with Crippen LogP contribution in [0.2, 0.25) is 0 Å². The van der Waals surface area contributed by atoms with Crippen molar-refractivity contribution in [3.05, 3.63) is 59.4 Å². The third-order valence-electron chi connectivity index (χ3n) is 3.28. The van der Waals surface area contributed by atoms with Crippen LogP contribution in [0.25, 0.3) is 0 Å². The lowest BCUT2D eigenvalue weighted by Crippen LogP contribution is -2.29. The summed E-state index contributed by atoms with van der Waals surface area (Å²) in [6.45, 7) is 2.62. The van der Waals surface area contributed by atoms with E-state index < -0.39 is 0 Å². The average Bonchev–Trinajstić information content (AvgIpc) is 2.47. The molecule has 1 aromatic heterocycles. The molecule has 20 heavy (non-hydrogen) atoms. The Balaban J connectivity index is 2.03. The average molecular weight is 286 g/mol. The number of carbonyl (C=O) groups is 1. The molecule has 3 nitrogen and oxygen atoms in total. The highest BCUT2D eigenvalue weighted by atomic mass is 32.1. The Morgan fingerprint density at radius 2 is 1.95 bits per heavy atom. The summed E-state index contributed by atoms with van der Waals surface area (Å²) >= 11 is 4.30. The van der Waals surface area contributed by atoms with E-state index in [1.54, 1.807) is 17.3 Å². The number of likely N-dealkylation sites (N-methyl/N-ethyl adjacent to an activating group) is 1. The summed E-state index contributed by atoms with van der Waals surface area (Å²) in [6.07, 6.45) is 4.36. The van der Waals surface area contributed by atoms with E-state index in [0.29, 0.717) is 6.54 Å². The maximum atomic E-state index is 12.4. The van der Waals surface area contributed by atoms with E-state index in [-0.39, 0.29) is 5.91 Å². The van der Waals surface area contributed by atoms with Crippen molar-refractivity contribution in [1.82, 2.24) is 9.88 Å². The molecule has 0 unspecified atom stereocenters. The molecule has 2 aromatic rings. The SMILES string of the molecule is Cc1ccc(S)cc1C(=O)N(C)CCc1ccncc1. The van der Waals surface area contributed by atoms with Crippen LogP contribution in [0.5, 0.6) is 0 Å². The van der Waals surface area contributed by atoms with Crippen molar-refractivity contribution in [3.8, 4) is 0 Å². The second-order valence-corrected chi connectivity index (χ2v) is 5.35. The number of carbonyl (C=O) groups excluding carboxylic acids is 1. The second-order valence-electron chi connectivity index (χ2n) is 4.83. The molecule has 1 heterocycles. The molecule has 0 atom stereocenters. The second kappa shape index (κ2) is 6.57. The summed E-state index contributed by atoms with van der Waals surface area (Å²) in [5.41, 5.74) is 2.87. The van der Waals surface area contributed by atoms with Crippen LogP contribution in [0.4, 0.5) is 0 Å². The van der Waals surface area contributed by atoms with E-state index >= 15 is 0 Å². The number of benzene rings is 1. The highest BCUT2D eigenvalue weighted by molar-refractivity contribution is 7.80. The highest BCUT2D eigenvalue weighted by Crippen LogP contribution is 2.16. The zero-order valence-corrected chi connectivity index (χ0v) is 12.6. The Bertz CT molecular complexity index is 599. The van der Waals surface area contributed by atoms with E-state index in [0.717, 1.165) is 22.4 Å². The fourth-order valence-electron chi connectivity index (χ4n) is 1.99. The molecular formula is C16H18N2OS. The highest BCUT2D eigenvalue weighted by Gasteiger charge is 2.14. The van der Waals surface area contributed by atoms with Crippen molar-refractivity contribution in [2.45, 2.75) is 18.2 Å². The van der Waals surface area contributed by atoms with Gasteiger partial charge in [-0.25, -0.2) is 0 Å². The first-order chi connectivity index (χ1) is 9.58. The first-order valence-corrected chi connectivity index (χ1v) is 6.96. The van der Waals surface area contributed by atoms with E-state index in [9.17, 15) is 4.79 Å². The van der Waals surface area contributed by atoms with Gasteiger partial charge in [-0.15, -0.1) is 12.6 Å². The maximum absolute atomic E-state index is 12.4. The van der Waals surface area contributed by atoms with Gasteiger partial charge in [0.1, 0.15) is 0 Å². The number of nitrogens with zero attached hydrogens (tertiary/aromatic N) is 2. The lowest BCUT2D eigenvalue weighted by atomic mass is 10.1. The Morgan fingerprint density at radius 1 is 1.25 bits per heavy atom. The lowest BCUT2D eigenvalue weighted by molar-refractivity contribution is 0.0795. The number of rotatable bonds is 4. The van der Waals surface area contributed by atoms with Crippen LogP contribution in [0.3, 0.4) is 0 Å². The number of aryl methyl sites for hydroxylation is 1. The van der Waals surface area contributed by atoms with Crippen molar-refractivity contribution in [3.63, 3.8) is 0 Å². The van der Waals surface area contributed by atoms with E-state index in [1.165, 1.54) is 5.56 Å². The standard InChI is InChI=1S/C16H18N2OS/c1-12-3-4-14(20)11-15(12)16(19)18(2)10-7-13-5-8-17-9-6-13/h3-6,8-9,11,20H,7,10H2,1-2H3. The van der Waals surface area contributed by atoms with Crippen LogP contribution in [0, 0.1) is 6.92 Å². The summed E-state index contributed by atoms with van der Waals surface area (Å²) < 4.78 is 0.